The number of methoxy groups -OCH3 is 2. The average molecular weight is 537 g/mol. The van der Waals surface area contributed by atoms with Gasteiger partial charge in [0.2, 0.25) is 5.91 Å². The van der Waals surface area contributed by atoms with Crippen molar-refractivity contribution in [2.24, 2.45) is 0 Å². The number of nitrogens with zero attached hydrogens (tertiary/aromatic N) is 2. The van der Waals surface area contributed by atoms with Gasteiger partial charge in [0.05, 0.1) is 46.5 Å². The molecule has 2 aliphatic rings. The van der Waals surface area contributed by atoms with Crippen molar-refractivity contribution in [1.29, 1.82) is 0 Å². The van der Waals surface area contributed by atoms with Crippen molar-refractivity contribution in [2.75, 3.05) is 58.6 Å². The Morgan fingerprint density at radius 3 is 2.37 bits per heavy atom. The summed E-state index contributed by atoms with van der Waals surface area (Å²) in [6.45, 7) is 5.02. The van der Waals surface area contributed by atoms with Gasteiger partial charge in [0.15, 0.2) is 11.5 Å². The standard InChI is InChI=1S/C30H33ClN2O5/c1-35-25-10-8-24(9-11-25)33-29(34)19-22-18-27(36-2)28(38-15-3-12-32-13-16-37-17-14-32)20-26(22)30(33)21-4-6-23(31)7-5-21/h4-11,18,20,30H,3,12-17,19H2,1-2H3. The summed E-state index contributed by atoms with van der Waals surface area (Å²) in [4.78, 5) is 17.8. The summed E-state index contributed by atoms with van der Waals surface area (Å²) in [5, 5.41) is 0.645. The largest absolute Gasteiger partial charge is 0.497 e. The average Bonchev–Trinajstić information content (AvgIpc) is 2.95. The molecule has 200 valence electrons. The Morgan fingerprint density at radius 1 is 0.947 bits per heavy atom. The topological polar surface area (TPSA) is 60.5 Å². The van der Waals surface area contributed by atoms with Crippen LogP contribution in [0.3, 0.4) is 0 Å². The molecule has 0 saturated carbocycles. The van der Waals surface area contributed by atoms with Gasteiger partial charge in [0.25, 0.3) is 0 Å². The molecule has 3 aromatic carbocycles. The molecule has 1 amide bonds. The van der Waals surface area contributed by atoms with E-state index in [1.54, 1.807) is 14.2 Å². The van der Waals surface area contributed by atoms with Crippen LogP contribution in [0.25, 0.3) is 0 Å². The monoisotopic (exact) mass is 536 g/mol. The van der Waals surface area contributed by atoms with E-state index in [9.17, 15) is 4.79 Å². The SMILES string of the molecule is COc1ccc(N2C(=O)Cc3cc(OC)c(OCCCN4CCOCC4)cc3C2c2ccc(Cl)cc2)cc1. The molecule has 0 aromatic heterocycles. The van der Waals surface area contributed by atoms with Crippen LogP contribution < -0.4 is 19.1 Å². The molecule has 0 spiro atoms. The van der Waals surface area contributed by atoms with E-state index in [2.05, 4.69) is 4.90 Å². The Kier molecular flexibility index (Phi) is 8.37. The van der Waals surface area contributed by atoms with Gasteiger partial charge < -0.3 is 23.8 Å². The van der Waals surface area contributed by atoms with Crippen molar-refractivity contribution in [3.05, 3.63) is 82.4 Å². The highest BCUT2D eigenvalue weighted by Gasteiger charge is 2.36. The summed E-state index contributed by atoms with van der Waals surface area (Å²) >= 11 is 6.22. The zero-order valence-corrected chi connectivity index (χ0v) is 22.6. The second-order valence-corrected chi connectivity index (χ2v) is 9.89. The van der Waals surface area contributed by atoms with Crippen LogP contribution in [0.1, 0.15) is 29.2 Å². The zero-order chi connectivity index (χ0) is 26.5. The smallest absolute Gasteiger partial charge is 0.232 e. The van der Waals surface area contributed by atoms with Crippen LogP contribution in [0, 0.1) is 0 Å². The van der Waals surface area contributed by atoms with E-state index in [-0.39, 0.29) is 18.4 Å². The van der Waals surface area contributed by atoms with Crippen molar-refractivity contribution < 1.29 is 23.7 Å². The molecular weight excluding hydrogens is 504 g/mol. The fraction of sp³-hybridized carbons (Fsp3) is 0.367. The normalized spacial score (nSPS) is 17.7. The molecule has 8 heteroatoms. The first-order valence-corrected chi connectivity index (χ1v) is 13.3. The van der Waals surface area contributed by atoms with E-state index in [4.69, 9.17) is 30.5 Å². The predicted molar refractivity (Wildman–Crippen MR) is 148 cm³/mol. The second kappa shape index (κ2) is 12.1. The lowest BCUT2D eigenvalue weighted by atomic mass is 9.87. The van der Waals surface area contributed by atoms with E-state index in [1.165, 1.54) is 0 Å². The van der Waals surface area contributed by atoms with Gasteiger partial charge in [-0.3, -0.25) is 9.69 Å². The summed E-state index contributed by atoms with van der Waals surface area (Å²) in [5.41, 5.74) is 3.69. The lowest BCUT2D eigenvalue weighted by Crippen LogP contribution is -2.41. The highest BCUT2D eigenvalue weighted by atomic mass is 35.5. The van der Waals surface area contributed by atoms with Crippen molar-refractivity contribution in [3.63, 3.8) is 0 Å². The quantitative estimate of drug-likeness (QED) is 0.353. The molecule has 0 N–H and O–H groups in total. The number of hydrogen-bond donors (Lipinski definition) is 0. The number of halogens is 1. The fourth-order valence-electron chi connectivity index (χ4n) is 5.13. The molecule has 7 nitrogen and oxygen atoms in total. The molecule has 1 unspecified atom stereocenters. The number of hydrogen-bond acceptors (Lipinski definition) is 6. The van der Waals surface area contributed by atoms with E-state index >= 15 is 0 Å². The Labute approximate surface area is 228 Å². The van der Waals surface area contributed by atoms with E-state index in [1.807, 2.05) is 65.6 Å². The van der Waals surface area contributed by atoms with Crippen LogP contribution >= 0.6 is 11.6 Å². The number of carbonyl (C=O) groups is 1. The van der Waals surface area contributed by atoms with Gasteiger partial charge in [0, 0.05) is 30.3 Å². The number of rotatable bonds is 9. The summed E-state index contributed by atoms with van der Waals surface area (Å²) in [7, 11) is 3.26. The highest BCUT2D eigenvalue weighted by molar-refractivity contribution is 6.30. The molecule has 1 saturated heterocycles. The van der Waals surface area contributed by atoms with E-state index < -0.39 is 0 Å². The maximum atomic E-state index is 13.6. The Hall–Kier alpha value is -3.26. The van der Waals surface area contributed by atoms with Crippen LogP contribution in [0.4, 0.5) is 5.69 Å². The van der Waals surface area contributed by atoms with Crippen LogP contribution in [0.2, 0.25) is 5.02 Å². The van der Waals surface area contributed by atoms with Crippen LogP contribution in [0.15, 0.2) is 60.7 Å². The third kappa shape index (κ3) is 5.75. The minimum absolute atomic E-state index is 0.00356. The van der Waals surface area contributed by atoms with Gasteiger partial charge >= 0.3 is 0 Å². The van der Waals surface area contributed by atoms with Crippen molar-refractivity contribution >= 4 is 23.2 Å². The Bertz CT molecular complexity index is 1240. The second-order valence-electron chi connectivity index (χ2n) is 9.45. The molecule has 2 aliphatic heterocycles. The van der Waals surface area contributed by atoms with Crippen molar-refractivity contribution in [2.45, 2.75) is 18.9 Å². The predicted octanol–water partition coefficient (Wildman–Crippen LogP) is 5.14. The van der Waals surface area contributed by atoms with Crippen molar-refractivity contribution in [3.8, 4) is 17.2 Å². The molecule has 1 fully saturated rings. The maximum Gasteiger partial charge on any atom is 0.232 e. The minimum atomic E-state index is -0.349. The molecule has 2 heterocycles. The van der Waals surface area contributed by atoms with Gasteiger partial charge in [-0.25, -0.2) is 0 Å². The van der Waals surface area contributed by atoms with Gasteiger partial charge in [-0.15, -0.1) is 0 Å². The highest BCUT2D eigenvalue weighted by Crippen LogP contribution is 2.43. The number of carbonyl (C=O) groups excluding carboxylic acids is 1. The molecule has 0 bridgehead atoms. The first kappa shape index (κ1) is 26.4. The van der Waals surface area contributed by atoms with Crippen molar-refractivity contribution in [1.82, 2.24) is 4.90 Å². The van der Waals surface area contributed by atoms with Crippen LogP contribution in [0.5, 0.6) is 17.2 Å². The molecule has 38 heavy (non-hydrogen) atoms. The fourth-order valence-corrected chi connectivity index (χ4v) is 5.26. The molecular formula is C30H33ClN2O5. The lowest BCUT2D eigenvalue weighted by molar-refractivity contribution is -0.118. The molecule has 0 radical (unpaired) electrons. The number of benzene rings is 3. The van der Waals surface area contributed by atoms with E-state index in [0.717, 1.165) is 67.4 Å². The zero-order valence-electron chi connectivity index (χ0n) is 21.8. The summed E-state index contributed by atoms with van der Waals surface area (Å²) < 4.78 is 22.7. The first-order valence-electron chi connectivity index (χ1n) is 12.9. The third-order valence-corrected chi connectivity index (χ3v) is 7.36. The first-order chi connectivity index (χ1) is 18.6. The number of amides is 1. The number of morpholine rings is 1. The lowest BCUT2D eigenvalue weighted by Gasteiger charge is -2.38. The summed E-state index contributed by atoms with van der Waals surface area (Å²) in [6, 6.07) is 18.8. The molecule has 5 rings (SSSR count). The number of ether oxygens (including phenoxy) is 4. The number of anilines is 1. The Morgan fingerprint density at radius 2 is 1.68 bits per heavy atom. The van der Waals surface area contributed by atoms with Gasteiger partial charge in [-0.05, 0) is 71.6 Å². The minimum Gasteiger partial charge on any atom is -0.497 e. The summed E-state index contributed by atoms with van der Waals surface area (Å²) in [6.07, 6.45) is 1.16. The van der Waals surface area contributed by atoms with Crippen LogP contribution in [-0.2, 0) is 16.0 Å². The molecule has 0 aliphatic carbocycles. The van der Waals surface area contributed by atoms with Gasteiger partial charge in [-0.2, -0.15) is 0 Å². The Balaban J connectivity index is 1.47. The van der Waals surface area contributed by atoms with Gasteiger partial charge in [-0.1, -0.05) is 23.7 Å². The third-order valence-electron chi connectivity index (χ3n) is 7.10. The van der Waals surface area contributed by atoms with Gasteiger partial charge in [0.1, 0.15) is 5.75 Å². The number of fused-ring (bicyclic) bond motifs is 1. The van der Waals surface area contributed by atoms with Crippen LogP contribution in [-0.4, -0.2) is 64.5 Å². The maximum absolute atomic E-state index is 13.6. The van der Waals surface area contributed by atoms with E-state index in [0.29, 0.717) is 23.1 Å². The molecule has 1 atom stereocenters. The molecule has 3 aromatic rings. The summed E-state index contributed by atoms with van der Waals surface area (Å²) in [5.74, 6) is 2.05.